The summed E-state index contributed by atoms with van der Waals surface area (Å²) in [6.07, 6.45) is 2.77. The van der Waals surface area contributed by atoms with Crippen LogP contribution < -0.4 is 0 Å². The first-order chi connectivity index (χ1) is 11.7. The van der Waals surface area contributed by atoms with Crippen LogP contribution in [0.5, 0.6) is 0 Å². The van der Waals surface area contributed by atoms with Gasteiger partial charge in [-0.3, -0.25) is 4.98 Å². The fourth-order valence-corrected chi connectivity index (χ4v) is 3.45. The Bertz CT molecular complexity index is 814. The van der Waals surface area contributed by atoms with Crippen molar-refractivity contribution in [2.45, 2.75) is 33.5 Å². The van der Waals surface area contributed by atoms with Crippen molar-refractivity contribution in [2.24, 2.45) is 0 Å². The molecule has 0 bridgehead atoms. The number of rotatable bonds is 6. The van der Waals surface area contributed by atoms with Crippen molar-refractivity contribution < 1.29 is 4.74 Å². The van der Waals surface area contributed by atoms with Gasteiger partial charge in [0.25, 0.3) is 0 Å². The molecule has 124 valence electrons. The molecule has 3 rings (SSSR count). The minimum Gasteiger partial charge on any atom is -0.371 e. The van der Waals surface area contributed by atoms with Gasteiger partial charge in [0.15, 0.2) is 0 Å². The van der Waals surface area contributed by atoms with Crippen LogP contribution in [0, 0.1) is 6.92 Å². The largest absolute Gasteiger partial charge is 0.371 e. The maximum Gasteiger partial charge on any atom is 0.124 e. The maximum absolute atomic E-state index is 5.89. The van der Waals surface area contributed by atoms with Crippen LogP contribution >= 0.6 is 22.9 Å². The number of benzene rings is 1. The number of hydrogen-bond acceptors (Lipinski definition) is 4. The van der Waals surface area contributed by atoms with Crippen LogP contribution in [0.4, 0.5) is 0 Å². The Morgan fingerprint density at radius 2 is 1.92 bits per heavy atom. The molecule has 0 aliphatic carbocycles. The standard InChI is InChI=1S/C19H19ClN2OS/c1-3-17-10-15(8-9-21-17)19-22-13(2)18(24-19)12-23-11-14-4-6-16(20)7-5-14/h4-10H,3,11-12H2,1-2H3. The summed E-state index contributed by atoms with van der Waals surface area (Å²) in [5, 5.41) is 1.76. The molecule has 24 heavy (non-hydrogen) atoms. The number of hydrogen-bond donors (Lipinski definition) is 0. The molecule has 0 fully saturated rings. The fourth-order valence-electron chi connectivity index (χ4n) is 2.33. The highest BCUT2D eigenvalue weighted by Crippen LogP contribution is 2.28. The summed E-state index contributed by atoms with van der Waals surface area (Å²) in [5.41, 5.74) is 4.35. The van der Waals surface area contributed by atoms with E-state index in [2.05, 4.69) is 23.0 Å². The second-order valence-corrected chi connectivity index (χ2v) is 7.06. The van der Waals surface area contributed by atoms with Crippen LogP contribution in [0.1, 0.15) is 28.8 Å². The first-order valence-corrected chi connectivity index (χ1v) is 9.09. The highest BCUT2D eigenvalue weighted by molar-refractivity contribution is 7.15. The molecule has 0 atom stereocenters. The van der Waals surface area contributed by atoms with Gasteiger partial charge in [-0.1, -0.05) is 30.7 Å². The number of halogens is 1. The SMILES string of the molecule is CCc1cc(-c2nc(C)c(COCc3ccc(Cl)cc3)s2)ccn1. The average molecular weight is 359 g/mol. The van der Waals surface area contributed by atoms with Gasteiger partial charge in [-0.2, -0.15) is 0 Å². The minimum atomic E-state index is 0.567. The predicted molar refractivity (Wildman–Crippen MR) is 99.4 cm³/mol. The highest BCUT2D eigenvalue weighted by atomic mass is 35.5. The van der Waals surface area contributed by atoms with E-state index in [1.54, 1.807) is 11.3 Å². The van der Waals surface area contributed by atoms with Crippen LogP contribution in [0.15, 0.2) is 42.6 Å². The van der Waals surface area contributed by atoms with Gasteiger partial charge in [0.05, 0.1) is 23.8 Å². The van der Waals surface area contributed by atoms with Gasteiger partial charge >= 0.3 is 0 Å². The lowest BCUT2D eigenvalue weighted by atomic mass is 10.2. The van der Waals surface area contributed by atoms with E-state index in [1.165, 1.54) is 0 Å². The van der Waals surface area contributed by atoms with Crippen molar-refractivity contribution in [3.05, 3.63) is 69.4 Å². The van der Waals surface area contributed by atoms with Gasteiger partial charge in [0, 0.05) is 22.5 Å². The van der Waals surface area contributed by atoms with E-state index in [1.807, 2.05) is 43.5 Å². The van der Waals surface area contributed by atoms with Gasteiger partial charge in [-0.15, -0.1) is 11.3 Å². The van der Waals surface area contributed by atoms with Crippen LogP contribution in [-0.4, -0.2) is 9.97 Å². The summed E-state index contributed by atoms with van der Waals surface area (Å²) in [5.74, 6) is 0. The fraction of sp³-hybridized carbons (Fsp3) is 0.263. The lowest BCUT2D eigenvalue weighted by molar-refractivity contribution is 0.109. The second kappa shape index (κ2) is 7.88. The molecular formula is C19H19ClN2OS. The van der Waals surface area contributed by atoms with Gasteiger partial charge in [0.2, 0.25) is 0 Å². The molecule has 5 heteroatoms. The average Bonchev–Trinajstić information content (AvgIpc) is 2.98. The quantitative estimate of drug-likeness (QED) is 0.588. The monoisotopic (exact) mass is 358 g/mol. The number of nitrogens with zero attached hydrogens (tertiary/aromatic N) is 2. The highest BCUT2D eigenvalue weighted by Gasteiger charge is 2.10. The summed E-state index contributed by atoms with van der Waals surface area (Å²) >= 11 is 7.58. The summed E-state index contributed by atoms with van der Waals surface area (Å²) < 4.78 is 5.84. The maximum atomic E-state index is 5.89. The molecule has 0 spiro atoms. The number of ether oxygens (including phenoxy) is 1. The van der Waals surface area contributed by atoms with Crippen molar-refractivity contribution in [3.8, 4) is 10.6 Å². The molecule has 0 unspecified atom stereocenters. The predicted octanol–water partition coefficient (Wildman–Crippen LogP) is 5.45. The van der Waals surface area contributed by atoms with E-state index >= 15 is 0 Å². The molecule has 0 saturated heterocycles. The number of thiazole rings is 1. The third kappa shape index (κ3) is 4.20. The topological polar surface area (TPSA) is 35.0 Å². The van der Waals surface area contributed by atoms with Crippen LogP contribution in [-0.2, 0) is 24.4 Å². The van der Waals surface area contributed by atoms with E-state index in [4.69, 9.17) is 16.3 Å². The molecule has 0 radical (unpaired) electrons. The Labute approximate surface area is 151 Å². The summed E-state index contributed by atoms with van der Waals surface area (Å²) in [7, 11) is 0. The zero-order valence-electron chi connectivity index (χ0n) is 13.8. The summed E-state index contributed by atoms with van der Waals surface area (Å²) in [6.45, 7) is 5.27. The van der Waals surface area contributed by atoms with Crippen molar-refractivity contribution in [1.29, 1.82) is 0 Å². The van der Waals surface area contributed by atoms with Gasteiger partial charge in [-0.25, -0.2) is 4.98 Å². The molecule has 1 aromatic carbocycles. The first-order valence-electron chi connectivity index (χ1n) is 7.89. The molecule has 3 aromatic rings. The van der Waals surface area contributed by atoms with E-state index in [-0.39, 0.29) is 0 Å². The molecule has 2 aromatic heterocycles. The third-order valence-electron chi connectivity index (χ3n) is 3.73. The van der Waals surface area contributed by atoms with Gasteiger partial charge < -0.3 is 4.74 Å². The summed E-state index contributed by atoms with van der Waals surface area (Å²) in [4.78, 5) is 10.2. The van der Waals surface area contributed by atoms with E-state index in [9.17, 15) is 0 Å². The molecule has 0 N–H and O–H groups in total. The van der Waals surface area contributed by atoms with E-state index in [0.29, 0.717) is 13.2 Å². The Balaban J connectivity index is 1.66. The minimum absolute atomic E-state index is 0.567. The van der Waals surface area contributed by atoms with E-state index in [0.717, 1.165) is 43.8 Å². The Hall–Kier alpha value is -1.75. The lowest BCUT2D eigenvalue weighted by Crippen LogP contribution is -1.93. The van der Waals surface area contributed by atoms with Crippen LogP contribution in [0.3, 0.4) is 0 Å². The third-order valence-corrected chi connectivity index (χ3v) is 5.17. The smallest absolute Gasteiger partial charge is 0.124 e. The van der Waals surface area contributed by atoms with Gasteiger partial charge in [0.1, 0.15) is 5.01 Å². The number of aryl methyl sites for hydroxylation is 2. The molecule has 2 heterocycles. The first kappa shape index (κ1) is 17.1. The molecule has 0 aliphatic rings. The second-order valence-electron chi connectivity index (χ2n) is 5.54. The molecular weight excluding hydrogens is 340 g/mol. The molecule has 0 saturated carbocycles. The Morgan fingerprint density at radius 1 is 1.12 bits per heavy atom. The zero-order valence-corrected chi connectivity index (χ0v) is 15.3. The lowest BCUT2D eigenvalue weighted by Gasteiger charge is -2.03. The molecule has 3 nitrogen and oxygen atoms in total. The normalized spacial score (nSPS) is 11.0. The van der Waals surface area contributed by atoms with E-state index < -0.39 is 0 Å². The van der Waals surface area contributed by atoms with Crippen LogP contribution in [0.25, 0.3) is 10.6 Å². The van der Waals surface area contributed by atoms with Crippen molar-refractivity contribution in [2.75, 3.05) is 0 Å². The van der Waals surface area contributed by atoms with Crippen molar-refractivity contribution >= 4 is 22.9 Å². The molecule has 0 aliphatic heterocycles. The Kier molecular flexibility index (Phi) is 5.61. The van der Waals surface area contributed by atoms with Gasteiger partial charge in [-0.05, 0) is 43.2 Å². The Morgan fingerprint density at radius 3 is 2.67 bits per heavy atom. The number of aromatic nitrogens is 2. The zero-order chi connectivity index (χ0) is 16.9. The number of pyridine rings is 1. The van der Waals surface area contributed by atoms with Crippen LogP contribution in [0.2, 0.25) is 5.02 Å². The van der Waals surface area contributed by atoms with Crippen molar-refractivity contribution in [3.63, 3.8) is 0 Å². The molecule has 0 amide bonds. The van der Waals surface area contributed by atoms with Crippen molar-refractivity contribution in [1.82, 2.24) is 9.97 Å². The summed E-state index contributed by atoms with van der Waals surface area (Å²) in [6, 6.07) is 11.8.